The Balaban J connectivity index is 2.46. The van der Waals surface area contributed by atoms with E-state index in [2.05, 4.69) is 39.8 Å². The zero-order valence-corrected chi connectivity index (χ0v) is 39.7. The van der Waals surface area contributed by atoms with E-state index in [1.54, 1.807) is 22.3 Å². The van der Waals surface area contributed by atoms with Crippen LogP contribution in [0.15, 0.2) is 12.1 Å². The topological polar surface area (TPSA) is 0 Å². The molecule has 0 aliphatic rings. The first-order valence-corrected chi connectivity index (χ1v) is 26.9. The molecule has 0 aromatic heterocycles. The highest BCUT2D eigenvalue weighted by Crippen LogP contribution is 2.26. The number of unbranched alkanes of at least 4 members (excludes halogenated alkanes) is 39. The Morgan fingerprint density at radius 2 is 0.429 bits per heavy atom. The molecular weight excluding hydrogens is 673 g/mol. The Labute approximate surface area is 356 Å². The lowest BCUT2D eigenvalue weighted by atomic mass is 9.87. The number of hydrogen-bond acceptors (Lipinski definition) is 0. The van der Waals surface area contributed by atoms with E-state index in [9.17, 15) is 0 Å². The maximum atomic E-state index is 2.65. The van der Waals surface area contributed by atoms with Crippen LogP contribution in [0.2, 0.25) is 0 Å². The molecule has 0 nitrogen and oxygen atoms in total. The molecule has 0 fully saturated rings. The molecule has 0 aliphatic carbocycles. The van der Waals surface area contributed by atoms with E-state index >= 15 is 0 Å². The van der Waals surface area contributed by atoms with Gasteiger partial charge in [-0.15, -0.1) is 0 Å². The van der Waals surface area contributed by atoms with Crippen molar-refractivity contribution in [1.82, 2.24) is 0 Å². The molecule has 0 saturated heterocycles. The van der Waals surface area contributed by atoms with Crippen molar-refractivity contribution in [2.45, 2.75) is 323 Å². The minimum absolute atomic E-state index is 1.19. The largest absolute Gasteiger partial charge is 0.0654 e. The van der Waals surface area contributed by atoms with Crippen molar-refractivity contribution < 1.29 is 0 Å². The van der Waals surface area contributed by atoms with Crippen LogP contribution in [0.3, 0.4) is 0 Å². The van der Waals surface area contributed by atoms with Crippen LogP contribution in [-0.2, 0) is 25.7 Å². The molecular formula is C56H106. The van der Waals surface area contributed by atoms with E-state index in [1.165, 1.54) is 295 Å². The normalized spacial score (nSPS) is 11.6. The molecule has 1 aromatic carbocycles. The first kappa shape index (κ1) is 53.2. The first-order chi connectivity index (χ1) is 27.8. The highest BCUT2D eigenvalue weighted by Gasteiger charge is 2.12. The predicted octanol–water partition coefficient (Wildman–Crippen LogP) is 20.3. The lowest BCUT2D eigenvalue weighted by Gasteiger charge is -2.18. The third-order valence-corrected chi connectivity index (χ3v) is 13.3. The standard InChI is InChI=1S/C56H106/c1-5-9-12-15-18-21-24-27-30-33-36-39-42-45-48-54-51-53(8-4)52-55(49-46-43-40-37-34-31-28-25-22-19-16-13-10-6-2)56(54)50-47-44-41-38-35-32-29-26-23-20-17-14-11-7-3/h51-52H,5-50H2,1-4H3. The second kappa shape index (κ2) is 43.8. The minimum Gasteiger partial charge on any atom is -0.0654 e. The average Bonchev–Trinajstić information content (AvgIpc) is 3.21. The number of rotatable bonds is 46. The second-order valence-corrected chi connectivity index (χ2v) is 18.8. The van der Waals surface area contributed by atoms with Gasteiger partial charge in [0.25, 0.3) is 0 Å². The van der Waals surface area contributed by atoms with Crippen molar-refractivity contribution in [3.8, 4) is 0 Å². The van der Waals surface area contributed by atoms with Gasteiger partial charge in [0.15, 0.2) is 0 Å². The summed E-state index contributed by atoms with van der Waals surface area (Å²) in [5.41, 5.74) is 6.90. The van der Waals surface area contributed by atoms with Crippen LogP contribution in [0.1, 0.15) is 320 Å². The molecule has 0 unspecified atom stereocenters. The number of benzene rings is 1. The van der Waals surface area contributed by atoms with Crippen molar-refractivity contribution in [3.63, 3.8) is 0 Å². The van der Waals surface area contributed by atoms with Gasteiger partial charge in [-0.05, 0) is 67.2 Å². The summed E-state index contributed by atoms with van der Waals surface area (Å²) in [6.07, 6.45) is 66.1. The van der Waals surface area contributed by atoms with E-state index < -0.39 is 0 Å². The van der Waals surface area contributed by atoms with E-state index in [-0.39, 0.29) is 0 Å². The molecule has 0 heteroatoms. The summed E-state index contributed by atoms with van der Waals surface area (Å²) in [4.78, 5) is 0. The Morgan fingerprint density at radius 3 is 0.643 bits per heavy atom. The van der Waals surface area contributed by atoms with E-state index in [1.807, 2.05) is 0 Å². The van der Waals surface area contributed by atoms with Crippen molar-refractivity contribution in [1.29, 1.82) is 0 Å². The van der Waals surface area contributed by atoms with Crippen LogP contribution in [0.5, 0.6) is 0 Å². The molecule has 0 heterocycles. The summed E-state index contributed by atoms with van der Waals surface area (Å²) in [6, 6.07) is 5.30. The van der Waals surface area contributed by atoms with Crippen LogP contribution in [0.25, 0.3) is 0 Å². The molecule has 0 amide bonds. The summed E-state index contributed by atoms with van der Waals surface area (Å²) in [5, 5.41) is 0. The number of aryl methyl sites for hydroxylation is 3. The Bertz CT molecular complexity index is 842. The fourth-order valence-electron chi connectivity index (χ4n) is 9.36. The molecule has 0 spiro atoms. The van der Waals surface area contributed by atoms with Gasteiger partial charge in [0.05, 0.1) is 0 Å². The Morgan fingerprint density at radius 1 is 0.232 bits per heavy atom. The molecule has 330 valence electrons. The van der Waals surface area contributed by atoms with Gasteiger partial charge in [-0.2, -0.15) is 0 Å². The molecule has 1 aromatic rings. The van der Waals surface area contributed by atoms with Gasteiger partial charge in [-0.25, -0.2) is 0 Å². The summed E-state index contributed by atoms with van der Waals surface area (Å²) in [7, 11) is 0. The molecule has 0 radical (unpaired) electrons. The molecule has 0 aliphatic heterocycles. The minimum atomic E-state index is 1.19. The van der Waals surface area contributed by atoms with Gasteiger partial charge >= 0.3 is 0 Å². The van der Waals surface area contributed by atoms with Crippen molar-refractivity contribution in [2.24, 2.45) is 0 Å². The van der Waals surface area contributed by atoms with Crippen LogP contribution < -0.4 is 0 Å². The van der Waals surface area contributed by atoms with Crippen molar-refractivity contribution in [3.05, 3.63) is 34.4 Å². The molecule has 56 heavy (non-hydrogen) atoms. The quantitative estimate of drug-likeness (QED) is 0.0578. The van der Waals surface area contributed by atoms with Crippen molar-refractivity contribution >= 4 is 0 Å². The van der Waals surface area contributed by atoms with E-state index in [4.69, 9.17) is 0 Å². The maximum Gasteiger partial charge on any atom is -0.0273 e. The maximum absolute atomic E-state index is 2.65. The van der Waals surface area contributed by atoms with Gasteiger partial charge < -0.3 is 0 Å². The van der Waals surface area contributed by atoms with Gasteiger partial charge in [-0.1, -0.05) is 290 Å². The average molecular weight is 779 g/mol. The fraction of sp³-hybridized carbons (Fsp3) is 0.893. The summed E-state index contributed by atoms with van der Waals surface area (Å²) in [5.74, 6) is 0. The van der Waals surface area contributed by atoms with Crippen LogP contribution in [0, 0.1) is 0 Å². The third kappa shape index (κ3) is 34.1. The van der Waals surface area contributed by atoms with Gasteiger partial charge in [0.1, 0.15) is 0 Å². The lowest BCUT2D eigenvalue weighted by Crippen LogP contribution is -2.04. The zero-order valence-electron chi connectivity index (χ0n) is 39.7. The smallest absolute Gasteiger partial charge is 0.0273 e. The number of hydrogen-bond donors (Lipinski definition) is 0. The van der Waals surface area contributed by atoms with Gasteiger partial charge in [0.2, 0.25) is 0 Å². The fourth-order valence-corrected chi connectivity index (χ4v) is 9.36. The molecule has 0 N–H and O–H groups in total. The Hall–Kier alpha value is -0.780. The Kier molecular flexibility index (Phi) is 41.6. The highest BCUT2D eigenvalue weighted by atomic mass is 14.2. The first-order valence-electron chi connectivity index (χ1n) is 26.9. The zero-order chi connectivity index (χ0) is 40.3. The molecule has 1 rings (SSSR count). The molecule has 0 atom stereocenters. The molecule has 0 bridgehead atoms. The van der Waals surface area contributed by atoms with Crippen molar-refractivity contribution in [2.75, 3.05) is 0 Å². The molecule has 0 saturated carbocycles. The second-order valence-electron chi connectivity index (χ2n) is 18.8. The SMILES string of the molecule is CCCCCCCCCCCCCCCCc1cc(CC)cc(CCCCCCCCCCCCCCCC)c1CCCCCCCCCCCCCCCC. The summed E-state index contributed by atoms with van der Waals surface area (Å²) >= 11 is 0. The predicted molar refractivity (Wildman–Crippen MR) is 258 cm³/mol. The van der Waals surface area contributed by atoms with Gasteiger partial charge in [-0.3, -0.25) is 0 Å². The summed E-state index contributed by atoms with van der Waals surface area (Å²) in [6.45, 7) is 9.35. The van der Waals surface area contributed by atoms with E-state index in [0.29, 0.717) is 0 Å². The van der Waals surface area contributed by atoms with Crippen LogP contribution in [-0.4, -0.2) is 0 Å². The van der Waals surface area contributed by atoms with Gasteiger partial charge in [0, 0.05) is 0 Å². The lowest BCUT2D eigenvalue weighted by molar-refractivity contribution is 0.533. The van der Waals surface area contributed by atoms with Crippen LogP contribution >= 0.6 is 0 Å². The van der Waals surface area contributed by atoms with Crippen LogP contribution in [0.4, 0.5) is 0 Å². The van der Waals surface area contributed by atoms with E-state index in [0.717, 1.165) is 0 Å². The highest BCUT2D eigenvalue weighted by molar-refractivity contribution is 5.40. The third-order valence-electron chi connectivity index (χ3n) is 13.3. The summed E-state index contributed by atoms with van der Waals surface area (Å²) < 4.78 is 0. The monoisotopic (exact) mass is 779 g/mol.